The maximum absolute atomic E-state index is 12.6. The van der Waals surface area contributed by atoms with Gasteiger partial charge in [-0.05, 0) is 35.8 Å². The second kappa shape index (κ2) is 7.62. The molecule has 0 aromatic heterocycles. The van der Waals surface area contributed by atoms with Gasteiger partial charge in [-0.25, -0.2) is 0 Å². The summed E-state index contributed by atoms with van der Waals surface area (Å²) >= 11 is 0. The Labute approximate surface area is 138 Å². The van der Waals surface area contributed by atoms with Crippen LogP contribution in [0.4, 0.5) is 0 Å². The van der Waals surface area contributed by atoms with Gasteiger partial charge < -0.3 is 10.0 Å². The van der Waals surface area contributed by atoms with E-state index in [1.165, 1.54) is 5.56 Å². The number of nitrogens with zero attached hydrogens (tertiary/aromatic N) is 1. The molecule has 1 amide bonds. The van der Waals surface area contributed by atoms with Crippen LogP contribution in [-0.4, -0.2) is 35.0 Å². The molecule has 23 heavy (non-hydrogen) atoms. The van der Waals surface area contributed by atoms with Crippen LogP contribution in [0.2, 0.25) is 0 Å². The summed E-state index contributed by atoms with van der Waals surface area (Å²) in [6, 6.07) is 8.41. The Kier molecular flexibility index (Phi) is 5.80. The zero-order valence-corrected chi connectivity index (χ0v) is 14.3. The predicted molar refractivity (Wildman–Crippen MR) is 90.3 cm³/mol. The van der Waals surface area contributed by atoms with Crippen LogP contribution in [0.25, 0.3) is 0 Å². The van der Waals surface area contributed by atoms with E-state index in [2.05, 4.69) is 38.1 Å². The Hall–Kier alpha value is -1.84. The fraction of sp³-hybridized carbons (Fsp3) is 0.579. The molecule has 0 spiro atoms. The number of aliphatic carboxylic acids is 1. The summed E-state index contributed by atoms with van der Waals surface area (Å²) in [5.74, 6) is -0.767. The Bertz CT molecular complexity index is 552. The zero-order valence-electron chi connectivity index (χ0n) is 14.3. The molecule has 1 aromatic rings. The molecule has 1 saturated heterocycles. The number of likely N-dealkylation sites (tertiary alicyclic amines) is 1. The highest BCUT2D eigenvalue weighted by atomic mass is 16.4. The van der Waals surface area contributed by atoms with Crippen molar-refractivity contribution >= 4 is 11.9 Å². The molecule has 1 fully saturated rings. The summed E-state index contributed by atoms with van der Waals surface area (Å²) in [5, 5.41) is 9.23. The first-order valence-electron chi connectivity index (χ1n) is 8.50. The van der Waals surface area contributed by atoms with Gasteiger partial charge in [-0.3, -0.25) is 9.59 Å². The maximum Gasteiger partial charge on any atom is 0.308 e. The lowest BCUT2D eigenvalue weighted by molar-refractivity contribution is -0.147. The van der Waals surface area contributed by atoms with Gasteiger partial charge in [0.1, 0.15) is 0 Å². The van der Waals surface area contributed by atoms with Crippen molar-refractivity contribution in [3.05, 3.63) is 35.4 Å². The number of carboxylic acids is 1. The maximum atomic E-state index is 12.6. The van der Waals surface area contributed by atoms with Gasteiger partial charge in [-0.15, -0.1) is 0 Å². The second-order valence-corrected chi connectivity index (χ2v) is 6.88. The van der Waals surface area contributed by atoms with Gasteiger partial charge in [-0.2, -0.15) is 0 Å². The summed E-state index contributed by atoms with van der Waals surface area (Å²) in [7, 11) is 0. The average Bonchev–Trinajstić information content (AvgIpc) is 2.54. The number of amides is 1. The molecule has 1 aliphatic rings. The highest BCUT2D eigenvalue weighted by Crippen LogP contribution is 2.25. The van der Waals surface area contributed by atoms with Crippen LogP contribution in [0.3, 0.4) is 0 Å². The highest BCUT2D eigenvalue weighted by molar-refractivity contribution is 5.78. The molecule has 2 rings (SSSR count). The van der Waals surface area contributed by atoms with Crippen LogP contribution >= 0.6 is 0 Å². The van der Waals surface area contributed by atoms with Crippen molar-refractivity contribution in [2.24, 2.45) is 11.8 Å². The summed E-state index contributed by atoms with van der Waals surface area (Å²) in [6.07, 6.45) is 2.10. The molecule has 0 radical (unpaired) electrons. The number of carbonyl (C=O) groups excluding carboxylic acids is 1. The van der Waals surface area contributed by atoms with E-state index in [9.17, 15) is 14.7 Å². The molecule has 3 atom stereocenters. The van der Waals surface area contributed by atoms with Gasteiger partial charge in [-0.1, -0.05) is 45.0 Å². The van der Waals surface area contributed by atoms with Crippen molar-refractivity contribution in [1.29, 1.82) is 0 Å². The number of benzene rings is 1. The third-order valence-corrected chi connectivity index (χ3v) is 4.80. The Morgan fingerprint density at radius 1 is 1.26 bits per heavy atom. The first kappa shape index (κ1) is 17.5. The SMILES string of the molecule is CCc1ccc(C(C)CC(=O)N2CC(C)CC(C(=O)O)C2)cc1. The van der Waals surface area contributed by atoms with E-state index in [0.717, 1.165) is 12.0 Å². The lowest BCUT2D eigenvalue weighted by Gasteiger charge is -2.35. The molecule has 0 aliphatic carbocycles. The summed E-state index contributed by atoms with van der Waals surface area (Å²) in [4.78, 5) is 25.5. The second-order valence-electron chi connectivity index (χ2n) is 6.88. The average molecular weight is 317 g/mol. The van der Waals surface area contributed by atoms with Crippen LogP contribution in [-0.2, 0) is 16.0 Å². The highest BCUT2D eigenvalue weighted by Gasteiger charge is 2.32. The molecule has 0 saturated carbocycles. The summed E-state index contributed by atoms with van der Waals surface area (Å²) in [6.45, 7) is 7.21. The third kappa shape index (κ3) is 4.57. The number of carbonyl (C=O) groups is 2. The number of rotatable bonds is 5. The van der Waals surface area contributed by atoms with E-state index in [0.29, 0.717) is 25.9 Å². The van der Waals surface area contributed by atoms with Crippen molar-refractivity contribution in [2.45, 2.75) is 46.0 Å². The minimum atomic E-state index is -0.794. The van der Waals surface area contributed by atoms with Crippen LogP contribution in [0.1, 0.15) is 50.7 Å². The minimum Gasteiger partial charge on any atom is -0.481 e. The van der Waals surface area contributed by atoms with E-state index in [1.807, 2.05) is 6.92 Å². The molecule has 4 heteroatoms. The molecule has 3 unspecified atom stereocenters. The molecule has 1 aliphatic heterocycles. The molecule has 126 valence electrons. The van der Waals surface area contributed by atoms with Gasteiger partial charge in [0.05, 0.1) is 5.92 Å². The van der Waals surface area contributed by atoms with Crippen LogP contribution < -0.4 is 0 Å². The number of aryl methyl sites for hydroxylation is 1. The van der Waals surface area contributed by atoms with Gasteiger partial charge in [0.15, 0.2) is 0 Å². The standard InChI is InChI=1S/C19H27NO3/c1-4-15-5-7-16(8-6-15)14(3)10-18(21)20-11-13(2)9-17(12-20)19(22)23/h5-8,13-14,17H,4,9-12H2,1-3H3,(H,22,23). The summed E-state index contributed by atoms with van der Waals surface area (Å²) in [5.41, 5.74) is 2.46. The Morgan fingerprint density at radius 2 is 1.91 bits per heavy atom. The van der Waals surface area contributed by atoms with E-state index in [4.69, 9.17) is 0 Å². The van der Waals surface area contributed by atoms with E-state index < -0.39 is 11.9 Å². The Balaban J connectivity index is 1.98. The zero-order chi connectivity index (χ0) is 17.0. The molecule has 1 aromatic carbocycles. The molecular weight excluding hydrogens is 290 g/mol. The predicted octanol–water partition coefficient (Wildman–Crippen LogP) is 3.31. The van der Waals surface area contributed by atoms with Crippen molar-refractivity contribution in [1.82, 2.24) is 4.90 Å². The summed E-state index contributed by atoms with van der Waals surface area (Å²) < 4.78 is 0. The van der Waals surface area contributed by atoms with Crippen molar-refractivity contribution in [2.75, 3.05) is 13.1 Å². The fourth-order valence-corrected chi connectivity index (χ4v) is 3.32. The van der Waals surface area contributed by atoms with Gasteiger partial charge in [0.2, 0.25) is 5.91 Å². The lowest BCUT2D eigenvalue weighted by atomic mass is 9.89. The topological polar surface area (TPSA) is 57.6 Å². The van der Waals surface area contributed by atoms with Gasteiger partial charge >= 0.3 is 5.97 Å². The number of hydrogen-bond acceptors (Lipinski definition) is 2. The molecule has 0 bridgehead atoms. The van der Waals surface area contributed by atoms with Crippen LogP contribution in [0, 0.1) is 11.8 Å². The number of carboxylic acid groups (broad SMARTS) is 1. The smallest absolute Gasteiger partial charge is 0.308 e. The van der Waals surface area contributed by atoms with E-state index in [1.54, 1.807) is 4.90 Å². The number of hydrogen-bond donors (Lipinski definition) is 1. The van der Waals surface area contributed by atoms with Crippen molar-refractivity contribution in [3.8, 4) is 0 Å². The van der Waals surface area contributed by atoms with E-state index >= 15 is 0 Å². The molecule has 4 nitrogen and oxygen atoms in total. The fourth-order valence-electron chi connectivity index (χ4n) is 3.32. The quantitative estimate of drug-likeness (QED) is 0.906. The minimum absolute atomic E-state index is 0.0647. The molecule has 1 N–H and O–H groups in total. The molecule has 1 heterocycles. The van der Waals surface area contributed by atoms with Crippen LogP contribution in [0.5, 0.6) is 0 Å². The monoisotopic (exact) mass is 317 g/mol. The van der Waals surface area contributed by atoms with E-state index in [-0.39, 0.29) is 17.7 Å². The van der Waals surface area contributed by atoms with Crippen molar-refractivity contribution in [3.63, 3.8) is 0 Å². The Morgan fingerprint density at radius 3 is 2.48 bits per heavy atom. The first-order chi connectivity index (χ1) is 10.9. The normalized spacial score (nSPS) is 22.7. The van der Waals surface area contributed by atoms with Gasteiger partial charge in [0, 0.05) is 19.5 Å². The third-order valence-electron chi connectivity index (χ3n) is 4.80. The largest absolute Gasteiger partial charge is 0.481 e. The van der Waals surface area contributed by atoms with Crippen molar-refractivity contribution < 1.29 is 14.7 Å². The first-order valence-corrected chi connectivity index (χ1v) is 8.50. The van der Waals surface area contributed by atoms with Crippen LogP contribution in [0.15, 0.2) is 24.3 Å². The lowest BCUT2D eigenvalue weighted by Crippen LogP contribution is -2.45. The van der Waals surface area contributed by atoms with Gasteiger partial charge in [0.25, 0.3) is 0 Å². The molecular formula is C19H27NO3. The number of piperidine rings is 1.